The Balaban J connectivity index is 1.80. The van der Waals surface area contributed by atoms with Gasteiger partial charge in [-0.05, 0) is 55.2 Å². The van der Waals surface area contributed by atoms with Gasteiger partial charge < -0.3 is 30.3 Å². The first kappa shape index (κ1) is 32.7. The molecule has 10 nitrogen and oxygen atoms in total. The minimum absolute atomic E-state index is 0.133. The van der Waals surface area contributed by atoms with Crippen LogP contribution in [0.15, 0.2) is 48.5 Å². The minimum atomic E-state index is -1.20. The molecule has 1 aliphatic rings. The number of carbonyl (C=O) groups excluding carboxylic acids is 4. The van der Waals surface area contributed by atoms with E-state index in [2.05, 4.69) is 16.0 Å². The van der Waals surface area contributed by atoms with Crippen molar-refractivity contribution in [2.75, 3.05) is 32.8 Å². The Hall–Kier alpha value is -3.79. The zero-order chi connectivity index (χ0) is 30.5. The van der Waals surface area contributed by atoms with Crippen molar-refractivity contribution >= 4 is 35.2 Å². The van der Waals surface area contributed by atoms with Gasteiger partial charge in [0.1, 0.15) is 36.8 Å². The van der Waals surface area contributed by atoms with E-state index in [1.807, 2.05) is 20.8 Å². The largest absolute Gasteiger partial charge is 0.492 e. The third-order valence-electron chi connectivity index (χ3n) is 6.68. The number of hydrogen-bond acceptors (Lipinski definition) is 6. The highest BCUT2D eigenvalue weighted by atomic mass is 35.5. The molecule has 3 N–H and O–H groups in total. The number of rotatable bonds is 10. The van der Waals surface area contributed by atoms with Crippen LogP contribution in [-0.2, 0) is 14.4 Å². The lowest BCUT2D eigenvalue weighted by Crippen LogP contribution is -2.54. The van der Waals surface area contributed by atoms with Crippen molar-refractivity contribution in [3.63, 3.8) is 0 Å². The van der Waals surface area contributed by atoms with Gasteiger partial charge in [0.15, 0.2) is 0 Å². The van der Waals surface area contributed by atoms with Gasteiger partial charge in [0.05, 0.1) is 25.1 Å². The lowest BCUT2D eigenvalue weighted by atomic mass is 10.0. The molecule has 0 aromatic heterocycles. The van der Waals surface area contributed by atoms with Gasteiger partial charge >= 0.3 is 0 Å². The molecule has 0 bridgehead atoms. The number of amides is 4. The maximum atomic E-state index is 13.6. The van der Waals surface area contributed by atoms with Crippen LogP contribution in [0, 0.1) is 5.92 Å². The van der Waals surface area contributed by atoms with Crippen molar-refractivity contribution in [3.05, 3.63) is 59.1 Å². The standard InChI is InChI=1S/C31H41ClN4O6/c1-4-5-15-36-16-18-42-27-9-7-6-8-24(27)29(38)35-25(20-28(37)34-26(31(36)40)19-21(2)3)30(39)33-14-17-41-23-12-10-22(32)11-13-23/h6-13,21,25-26H,4-5,14-20H2,1-3H3,(H,33,39)(H,34,37)(H,35,38)/t25-,26-/m1/s1. The Morgan fingerprint density at radius 2 is 1.86 bits per heavy atom. The van der Waals surface area contributed by atoms with E-state index in [1.54, 1.807) is 53.4 Å². The van der Waals surface area contributed by atoms with Gasteiger partial charge in [-0.1, -0.05) is 50.9 Å². The number of unbranched alkanes of at least 4 members (excludes halogenated alkanes) is 1. The first-order chi connectivity index (χ1) is 20.2. The summed E-state index contributed by atoms with van der Waals surface area (Å²) >= 11 is 5.90. The van der Waals surface area contributed by atoms with E-state index in [0.29, 0.717) is 36.0 Å². The first-order valence-corrected chi connectivity index (χ1v) is 14.8. The van der Waals surface area contributed by atoms with Gasteiger partial charge in [-0.3, -0.25) is 19.2 Å². The van der Waals surface area contributed by atoms with E-state index in [9.17, 15) is 19.2 Å². The van der Waals surface area contributed by atoms with Crippen LogP contribution in [0.1, 0.15) is 56.8 Å². The maximum absolute atomic E-state index is 13.6. The SMILES string of the molecule is CCCCN1CCOc2ccccc2C(=O)N[C@@H](C(=O)NCCOc2ccc(Cl)cc2)CC(=O)N[C@H](CC(C)C)C1=O. The lowest BCUT2D eigenvalue weighted by molar-refractivity contribution is -0.137. The molecule has 2 aromatic rings. The van der Waals surface area contributed by atoms with Crippen LogP contribution in [0.4, 0.5) is 0 Å². The summed E-state index contributed by atoms with van der Waals surface area (Å²) in [4.78, 5) is 55.1. The molecule has 228 valence electrons. The zero-order valence-electron chi connectivity index (χ0n) is 24.5. The third-order valence-corrected chi connectivity index (χ3v) is 6.93. The number of benzene rings is 2. The highest BCUT2D eigenvalue weighted by Gasteiger charge is 2.31. The Morgan fingerprint density at radius 1 is 1.12 bits per heavy atom. The second-order valence-electron chi connectivity index (χ2n) is 10.6. The summed E-state index contributed by atoms with van der Waals surface area (Å²) < 4.78 is 11.6. The van der Waals surface area contributed by atoms with Gasteiger partial charge in [-0.25, -0.2) is 0 Å². The van der Waals surface area contributed by atoms with E-state index in [0.717, 1.165) is 12.8 Å². The number of hydrogen-bond donors (Lipinski definition) is 3. The van der Waals surface area contributed by atoms with E-state index in [-0.39, 0.29) is 43.6 Å². The van der Waals surface area contributed by atoms with E-state index in [1.165, 1.54) is 0 Å². The molecule has 4 amide bonds. The normalized spacial score (nSPS) is 18.3. The molecule has 0 fully saturated rings. The molecule has 2 aromatic carbocycles. The van der Waals surface area contributed by atoms with Gasteiger partial charge in [-0.15, -0.1) is 0 Å². The van der Waals surface area contributed by atoms with Crippen molar-refractivity contribution in [2.45, 2.75) is 58.5 Å². The van der Waals surface area contributed by atoms with Crippen molar-refractivity contribution in [3.8, 4) is 11.5 Å². The quantitative estimate of drug-likeness (QED) is 0.358. The van der Waals surface area contributed by atoms with E-state index in [4.69, 9.17) is 21.1 Å². The molecule has 0 unspecified atom stereocenters. The van der Waals surface area contributed by atoms with Crippen molar-refractivity contribution < 1.29 is 28.7 Å². The predicted octanol–water partition coefficient (Wildman–Crippen LogP) is 3.58. The second kappa shape index (κ2) is 16.6. The van der Waals surface area contributed by atoms with Crippen LogP contribution in [0.3, 0.4) is 0 Å². The van der Waals surface area contributed by atoms with Gasteiger partial charge in [-0.2, -0.15) is 0 Å². The zero-order valence-corrected chi connectivity index (χ0v) is 25.2. The molecule has 1 aliphatic heterocycles. The monoisotopic (exact) mass is 600 g/mol. The second-order valence-corrected chi connectivity index (χ2v) is 11.0. The Kier molecular flexibility index (Phi) is 12.9. The Labute approximate surface area is 252 Å². The Bertz CT molecular complexity index is 1210. The van der Waals surface area contributed by atoms with E-state index < -0.39 is 29.8 Å². The molecule has 0 spiro atoms. The summed E-state index contributed by atoms with van der Waals surface area (Å²) in [5.74, 6) is -0.759. The van der Waals surface area contributed by atoms with Crippen LogP contribution in [-0.4, -0.2) is 73.5 Å². The molecule has 0 saturated carbocycles. The molecule has 0 saturated heterocycles. The van der Waals surface area contributed by atoms with Crippen molar-refractivity contribution in [1.29, 1.82) is 0 Å². The molecule has 42 heavy (non-hydrogen) atoms. The number of fused-ring (bicyclic) bond motifs is 1. The molecular weight excluding hydrogens is 560 g/mol. The fraction of sp³-hybridized carbons (Fsp3) is 0.484. The number of ether oxygens (including phenoxy) is 2. The maximum Gasteiger partial charge on any atom is 0.255 e. The number of para-hydroxylation sites is 1. The van der Waals surface area contributed by atoms with Gasteiger partial charge in [0.25, 0.3) is 5.91 Å². The molecule has 2 atom stereocenters. The summed E-state index contributed by atoms with van der Waals surface area (Å²) in [5, 5.41) is 8.82. The van der Waals surface area contributed by atoms with Crippen LogP contribution < -0.4 is 25.4 Å². The third kappa shape index (κ3) is 10.2. The molecule has 11 heteroatoms. The fourth-order valence-corrected chi connectivity index (χ4v) is 4.65. The number of nitrogens with zero attached hydrogens (tertiary/aromatic N) is 1. The average molecular weight is 601 g/mol. The molecule has 0 aliphatic carbocycles. The van der Waals surface area contributed by atoms with Crippen LogP contribution in [0.5, 0.6) is 11.5 Å². The van der Waals surface area contributed by atoms with Crippen molar-refractivity contribution in [1.82, 2.24) is 20.9 Å². The van der Waals surface area contributed by atoms with Gasteiger partial charge in [0, 0.05) is 11.6 Å². The molecule has 1 heterocycles. The highest BCUT2D eigenvalue weighted by Crippen LogP contribution is 2.19. The van der Waals surface area contributed by atoms with Crippen LogP contribution in [0.2, 0.25) is 5.02 Å². The summed E-state index contributed by atoms with van der Waals surface area (Å²) in [6.07, 6.45) is 1.78. The first-order valence-electron chi connectivity index (χ1n) is 14.4. The number of halogens is 1. The van der Waals surface area contributed by atoms with Crippen molar-refractivity contribution in [2.24, 2.45) is 5.92 Å². The summed E-state index contributed by atoms with van der Waals surface area (Å²) in [7, 11) is 0. The molecular formula is C31H41ClN4O6. The summed E-state index contributed by atoms with van der Waals surface area (Å²) in [6.45, 7) is 7.29. The molecule has 3 rings (SSSR count). The smallest absolute Gasteiger partial charge is 0.255 e. The predicted molar refractivity (Wildman–Crippen MR) is 161 cm³/mol. The average Bonchev–Trinajstić information content (AvgIpc) is 2.96. The minimum Gasteiger partial charge on any atom is -0.492 e. The fourth-order valence-electron chi connectivity index (χ4n) is 4.52. The van der Waals surface area contributed by atoms with Crippen LogP contribution in [0.25, 0.3) is 0 Å². The van der Waals surface area contributed by atoms with Gasteiger partial charge in [0.2, 0.25) is 17.7 Å². The summed E-state index contributed by atoms with van der Waals surface area (Å²) in [5.41, 5.74) is 0.225. The van der Waals surface area contributed by atoms with Crippen LogP contribution >= 0.6 is 11.6 Å². The summed E-state index contributed by atoms with van der Waals surface area (Å²) in [6, 6.07) is 11.5. The number of carbonyl (C=O) groups is 4. The Morgan fingerprint density at radius 3 is 2.57 bits per heavy atom. The van der Waals surface area contributed by atoms with E-state index >= 15 is 0 Å². The topological polar surface area (TPSA) is 126 Å². The highest BCUT2D eigenvalue weighted by molar-refractivity contribution is 6.30. The number of nitrogens with one attached hydrogen (secondary N) is 3. The lowest BCUT2D eigenvalue weighted by Gasteiger charge is -2.30. The molecule has 0 radical (unpaired) electrons.